The lowest BCUT2D eigenvalue weighted by Crippen LogP contribution is -2.22. The molecule has 2 aromatic carbocycles. The minimum Gasteiger partial charge on any atom is -0.325 e. The molecular formula is C22H15F4N3O2S2. The number of alkyl halides is 3. The molecule has 33 heavy (non-hydrogen) atoms. The number of carbonyl (C=O) groups is 1. The van der Waals surface area contributed by atoms with E-state index >= 15 is 0 Å². The summed E-state index contributed by atoms with van der Waals surface area (Å²) in [5, 5.41) is 4.13. The molecule has 170 valence electrons. The minimum absolute atomic E-state index is 0.163. The van der Waals surface area contributed by atoms with Gasteiger partial charge in [-0.2, -0.15) is 13.2 Å². The molecule has 0 atom stereocenters. The van der Waals surface area contributed by atoms with Crippen LogP contribution in [0.5, 0.6) is 0 Å². The van der Waals surface area contributed by atoms with Gasteiger partial charge in [0, 0.05) is 0 Å². The normalized spacial score (nSPS) is 11.7. The van der Waals surface area contributed by atoms with E-state index in [1.54, 1.807) is 18.4 Å². The highest BCUT2D eigenvalue weighted by Crippen LogP contribution is 2.34. The summed E-state index contributed by atoms with van der Waals surface area (Å²) in [4.78, 5) is 30.0. The first-order valence-electron chi connectivity index (χ1n) is 9.51. The van der Waals surface area contributed by atoms with Crippen LogP contribution in [-0.4, -0.2) is 21.2 Å². The number of rotatable bonds is 5. The number of thiophene rings is 1. The molecule has 4 aromatic rings. The van der Waals surface area contributed by atoms with Crippen LogP contribution in [0.3, 0.4) is 0 Å². The van der Waals surface area contributed by atoms with Gasteiger partial charge in [-0.15, -0.1) is 11.3 Å². The lowest BCUT2D eigenvalue weighted by Gasteiger charge is -2.14. The van der Waals surface area contributed by atoms with Crippen LogP contribution in [0.4, 0.5) is 23.2 Å². The smallest absolute Gasteiger partial charge is 0.325 e. The standard InChI is InChI=1S/C22H15F4N3O2S2/c1-12-10-13(6-7-15(12)23)29-20(31)19-17(8-9-32-19)28-21(29)33-11-18(30)27-16-5-3-2-4-14(16)22(24,25)26/h2-10H,11H2,1H3,(H,27,30). The summed E-state index contributed by atoms with van der Waals surface area (Å²) in [5.74, 6) is -1.43. The summed E-state index contributed by atoms with van der Waals surface area (Å²) < 4.78 is 55.0. The average Bonchev–Trinajstić information content (AvgIpc) is 3.23. The maximum atomic E-state index is 13.8. The average molecular weight is 494 g/mol. The van der Waals surface area contributed by atoms with E-state index in [1.165, 1.54) is 46.2 Å². The van der Waals surface area contributed by atoms with Crippen LogP contribution in [0.1, 0.15) is 11.1 Å². The van der Waals surface area contributed by atoms with Crippen molar-refractivity contribution >= 4 is 44.9 Å². The molecule has 1 N–H and O–H groups in total. The Hall–Kier alpha value is -3.18. The van der Waals surface area contributed by atoms with Gasteiger partial charge < -0.3 is 5.32 Å². The summed E-state index contributed by atoms with van der Waals surface area (Å²) in [6, 6.07) is 10.5. The molecule has 0 fully saturated rings. The predicted molar refractivity (Wildman–Crippen MR) is 121 cm³/mol. The van der Waals surface area contributed by atoms with Gasteiger partial charge in [0.15, 0.2) is 5.16 Å². The number of halogens is 4. The number of aromatic nitrogens is 2. The third-order valence-electron chi connectivity index (χ3n) is 4.69. The van der Waals surface area contributed by atoms with Crippen LogP contribution < -0.4 is 10.9 Å². The predicted octanol–water partition coefficient (Wildman–Crippen LogP) is 5.64. The maximum absolute atomic E-state index is 13.8. The van der Waals surface area contributed by atoms with Crippen molar-refractivity contribution in [3.05, 3.63) is 81.2 Å². The highest BCUT2D eigenvalue weighted by atomic mass is 32.2. The number of anilines is 1. The van der Waals surface area contributed by atoms with Gasteiger partial charge in [0.25, 0.3) is 5.56 Å². The van der Waals surface area contributed by atoms with Crippen LogP contribution in [0.25, 0.3) is 15.9 Å². The number of nitrogens with zero attached hydrogens (tertiary/aromatic N) is 2. The molecule has 0 aliphatic rings. The van der Waals surface area contributed by atoms with Gasteiger partial charge in [-0.3, -0.25) is 14.2 Å². The van der Waals surface area contributed by atoms with Crippen LogP contribution >= 0.6 is 23.1 Å². The molecule has 0 saturated heterocycles. The van der Waals surface area contributed by atoms with E-state index in [2.05, 4.69) is 10.3 Å². The van der Waals surface area contributed by atoms with Crippen LogP contribution in [0.15, 0.2) is 63.9 Å². The number of amides is 1. The molecule has 1 amide bonds. The molecule has 0 aliphatic carbocycles. The van der Waals surface area contributed by atoms with Crippen molar-refractivity contribution in [2.24, 2.45) is 0 Å². The highest BCUT2D eigenvalue weighted by molar-refractivity contribution is 7.99. The molecule has 4 rings (SSSR count). The lowest BCUT2D eigenvalue weighted by molar-refractivity contribution is -0.137. The number of hydrogen-bond acceptors (Lipinski definition) is 5. The number of hydrogen-bond donors (Lipinski definition) is 1. The van der Waals surface area contributed by atoms with E-state index < -0.39 is 23.5 Å². The second-order valence-electron chi connectivity index (χ2n) is 6.98. The number of nitrogens with one attached hydrogen (secondary N) is 1. The number of carbonyl (C=O) groups excluding carboxylic acids is 1. The van der Waals surface area contributed by atoms with Gasteiger partial charge in [-0.25, -0.2) is 9.37 Å². The van der Waals surface area contributed by atoms with Gasteiger partial charge in [-0.05, 0) is 54.3 Å². The zero-order valence-corrected chi connectivity index (χ0v) is 18.6. The molecule has 0 aliphatic heterocycles. The summed E-state index contributed by atoms with van der Waals surface area (Å²) in [6.07, 6.45) is -4.62. The number of thioether (sulfide) groups is 1. The third-order valence-corrected chi connectivity index (χ3v) is 6.52. The quantitative estimate of drug-likeness (QED) is 0.222. The van der Waals surface area contributed by atoms with Crippen molar-refractivity contribution in [3.63, 3.8) is 0 Å². The molecule has 5 nitrogen and oxygen atoms in total. The fourth-order valence-electron chi connectivity index (χ4n) is 3.14. The van der Waals surface area contributed by atoms with Crippen molar-refractivity contribution < 1.29 is 22.4 Å². The van der Waals surface area contributed by atoms with Crippen molar-refractivity contribution in [1.29, 1.82) is 0 Å². The molecule has 0 bridgehead atoms. The van der Waals surface area contributed by atoms with Crippen LogP contribution in [-0.2, 0) is 11.0 Å². The number of aryl methyl sites for hydroxylation is 1. The van der Waals surface area contributed by atoms with Gasteiger partial charge in [-0.1, -0.05) is 23.9 Å². The van der Waals surface area contributed by atoms with Crippen molar-refractivity contribution in [2.45, 2.75) is 18.3 Å². The molecule has 2 aromatic heterocycles. The molecule has 0 spiro atoms. The SMILES string of the molecule is Cc1cc(-n2c(SCC(=O)Nc3ccccc3C(F)(F)F)nc3ccsc3c2=O)ccc1F. The first-order chi connectivity index (χ1) is 15.6. The van der Waals surface area contributed by atoms with Gasteiger partial charge >= 0.3 is 6.18 Å². The number of benzene rings is 2. The fraction of sp³-hybridized carbons (Fsp3) is 0.136. The highest BCUT2D eigenvalue weighted by Gasteiger charge is 2.33. The Morgan fingerprint density at radius 2 is 1.94 bits per heavy atom. The summed E-state index contributed by atoms with van der Waals surface area (Å²) >= 11 is 2.10. The van der Waals surface area contributed by atoms with Gasteiger partial charge in [0.2, 0.25) is 5.91 Å². The zero-order valence-electron chi connectivity index (χ0n) is 16.9. The zero-order chi connectivity index (χ0) is 23.8. The van der Waals surface area contributed by atoms with E-state index in [0.717, 1.165) is 23.9 Å². The largest absolute Gasteiger partial charge is 0.418 e. The fourth-order valence-corrected chi connectivity index (χ4v) is 4.71. The molecule has 2 heterocycles. The van der Waals surface area contributed by atoms with E-state index in [0.29, 0.717) is 21.5 Å². The van der Waals surface area contributed by atoms with E-state index in [-0.39, 0.29) is 22.2 Å². The Kier molecular flexibility index (Phi) is 6.26. The topological polar surface area (TPSA) is 64.0 Å². The molecular weight excluding hydrogens is 478 g/mol. The second-order valence-corrected chi connectivity index (χ2v) is 8.84. The van der Waals surface area contributed by atoms with Crippen molar-refractivity contribution in [1.82, 2.24) is 9.55 Å². The minimum atomic E-state index is -4.62. The summed E-state index contributed by atoms with van der Waals surface area (Å²) in [7, 11) is 0. The molecule has 0 radical (unpaired) electrons. The lowest BCUT2D eigenvalue weighted by atomic mass is 10.1. The first kappa shape index (κ1) is 23.0. The van der Waals surface area contributed by atoms with Gasteiger partial charge in [0.05, 0.1) is 28.2 Å². The third kappa shape index (κ3) is 4.79. The molecule has 0 saturated carbocycles. The van der Waals surface area contributed by atoms with E-state index in [4.69, 9.17) is 0 Å². The number of fused-ring (bicyclic) bond motifs is 1. The summed E-state index contributed by atoms with van der Waals surface area (Å²) in [5.41, 5.74) is -0.574. The van der Waals surface area contributed by atoms with E-state index in [1.807, 2.05) is 0 Å². The Bertz CT molecular complexity index is 1410. The Morgan fingerprint density at radius 1 is 1.18 bits per heavy atom. The monoisotopic (exact) mass is 493 g/mol. The van der Waals surface area contributed by atoms with Crippen LogP contribution in [0, 0.1) is 12.7 Å². The summed E-state index contributed by atoms with van der Waals surface area (Å²) in [6.45, 7) is 1.55. The molecule has 0 unspecified atom stereocenters. The molecule has 11 heteroatoms. The van der Waals surface area contributed by atoms with E-state index in [9.17, 15) is 27.2 Å². The Labute approximate surface area is 193 Å². The Balaban J connectivity index is 1.65. The maximum Gasteiger partial charge on any atom is 0.418 e. The van der Waals surface area contributed by atoms with Gasteiger partial charge in [0.1, 0.15) is 10.5 Å². The van der Waals surface area contributed by atoms with Crippen molar-refractivity contribution in [3.8, 4) is 5.69 Å². The van der Waals surface area contributed by atoms with Crippen molar-refractivity contribution in [2.75, 3.05) is 11.1 Å². The number of para-hydroxylation sites is 1. The van der Waals surface area contributed by atoms with Crippen LogP contribution in [0.2, 0.25) is 0 Å². The first-order valence-corrected chi connectivity index (χ1v) is 11.4. The Morgan fingerprint density at radius 3 is 2.67 bits per heavy atom. The second kappa shape index (κ2) is 8.99.